The molecule has 6 nitrogen and oxygen atoms in total. The van der Waals surface area contributed by atoms with Crippen LogP contribution in [0.4, 0.5) is 0 Å². The topological polar surface area (TPSA) is 71.3 Å². The summed E-state index contributed by atoms with van der Waals surface area (Å²) in [6, 6.07) is 5.38. The van der Waals surface area contributed by atoms with E-state index in [2.05, 4.69) is 20.6 Å². The molecule has 0 aliphatic heterocycles. The molecule has 2 aromatic rings. The van der Waals surface area contributed by atoms with Gasteiger partial charge in [-0.1, -0.05) is 6.07 Å². The predicted octanol–water partition coefficient (Wildman–Crippen LogP) is 2.99. The Morgan fingerprint density at radius 2 is 2.00 bits per heavy atom. The van der Waals surface area contributed by atoms with Crippen molar-refractivity contribution in [2.75, 3.05) is 13.6 Å². The predicted molar refractivity (Wildman–Crippen MR) is 120 cm³/mol. The Kier molecular flexibility index (Phi) is 9.85. The molecule has 0 amide bonds. The molecule has 26 heavy (non-hydrogen) atoms. The van der Waals surface area contributed by atoms with E-state index in [1.807, 2.05) is 31.4 Å². The zero-order valence-electron chi connectivity index (χ0n) is 15.8. The second-order valence-corrected chi connectivity index (χ2v) is 7.25. The van der Waals surface area contributed by atoms with Crippen molar-refractivity contribution in [3.8, 4) is 0 Å². The highest BCUT2D eigenvalue weighted by Crippen LogP contribution is 2.16. The first kappa shape index (κ1) is 22.6. The van der Waals surface area contributed by atoms with Crippen LogP contribution < -0.4 is 16.2 Å². The third-order valence-corrected chi connectivity index (χ3v) is 5.08. The van der Waals surface area contributed by atoms with Crippen LogP contribution in [-0.2, 0) is 13.1 Å². The number of hydrogen-bond donors (Lipinski definition) is 2. The van der Waals surface area contributed by atoms with Gasteiger partial charge in [0.2, 0.25) is 0 Å². The van der Waals surface area contributed by atoms with Gasteiger partial charge in [0.15, 0.2) is 5.96 Å². The minimum Gasteiger partial charge on any atom is -0.356 e. The number of aliphatic imine (C=N–C) groups is 1. The number of unbranched alkanes of at least 4 members (excludes halogenated alkanes) is 1. The van der Waals surface area contributed by atoms with Crippen molar-refractivity contribution in [3.63, 3.8) is 0 Å². The minimum absolute atomic E-state index is 0. The number of aryl methyl sites for hydroxylation is 3. The van der Waals surface area contributed by atoms with Gasteiger partial charge in [0.25, 0.3) is 5.56 Å². The Balaban J connectivity index is 0.00000338. The first-order chi connectivity index (χ1) is 12.0. The van der Waals surface area contributed by atoms with Crippen molar-refractivity contribution in [2.24, 2.45) is 4.99 Å². The smallest absolute Gasteiger partial charge is 0.250 e. The molecular weight excluding hydrogens is 461 g/mol. The number of guanidine groups is 1. The van der Waals surface area contributed by atoms with E-state index in [0.717, 1.165) is 54.8 Å². The maximum atomic E-state index is 11.8. The van der Waals surface area contributed by atoms with Crippen LogP contribution >= 0.6 is 35.3 Å². The fourth-order valence-corrected chi connectivity index (χ4v) is 3.51. The van der Waals surface area contributed by atoms with Gasteiger partial charge in [0.05, 0.1) is 17.2 Å². The van der Waals surface area contributed by atoms with E-state index in [1.165, 1.54) is 4.88 Å². The van der Waals surface area contributed by atoms with Gasteiger partial charge in [0.1, 0.15) is 0 Å². The summed E-state index contributed by atoms with van der Waals surface area (Å²) >= 11 is 1.71. The van der Waals surface area contributed by atoms with Crippen molar-refractivity contribution < 1.29 is 0 Å². The number of thiazole rings is 1. The number of rotatable bonds is 7. The molecule has 2 N–H and O–H groups in total. The number of pyridine rings is 1. The maximum Gasteiger partial charge on any atom is 0.250 e. The molecule has 0 bridgehead atoms. The van der Waals surface area contributed by atoms with Crippen molar-refractivity contribution >= 4 is 41.3 Å². The molecule has 0 unspecified atom stereocenters. The average Bonchev–Trinajstić information content (AvgIpc) is 2.90. The summed E-state index contributed by atoms with van der Waals surface area (Å²) in [5, 5.41) is 7.72. The first-order valence-electron chi connectivity index (χ1n) is 8.55. The highest BCUT2D eigenvalue weighted by atomic mass is 127. The summed E-state index contributed by atoms with van der Waals surface area (Å²) in [7, 11) is 1.77. The van der Waals surface area contributed by atoms with Crippen molar-refractivity contribution in [3.05, 3.63) is 49.8 Å². The molecule has 2 aromatic heterocycles. The number of nitrogens with zero attached hydrogens (tertiary/aromatic N) is 3. The fourth-order valence-electron chi connectivity index (χ4n) is 2.63. The van der Waals surface area contributed by atoms with Crippen LogP contribution in [0.25, 0.3) is 0 Å². The molecule has 0 spiro atoms. The van der Waals surface area contributed by atoms with Crippen LogP contribution in [-0.4, -0.2) is 29.1 Å². The molecule has 0 radical (unpaired) electrons. The van der Waals surface area contributed by atoms with Gasteiger partial charge in [-0.2, -0.15) is 0 Å². The van der Waals surface area contributed by atoms with Crippen LogP contribution in [0, 0.1) is 20.8 Å². The Morgan fingerprint density at radius 3 is 2.62 bits per heavy atom. The third-order valence-electron chi connectivity index (χ3n) is 4.01. The van der Waals surface area contributed by atoms with Crippen LogP contribution in [0.1, 0.15) is 34.1 Å². The van der Waals surface area contributed by atoms with Gasteiger partial charge in [0, 0.05) is 36.8 Å². The lowest BCUT2D eigenvalue weighted by Gasteiger charge is -2.12. The van der Waals surface area contributed by atoms with Gasteiger partial charge in [-0.15, -0.1) is 35.3 Å². The molecule has 0 fully saturated rings. The molecule has 8 heteroatoms. The van der Waals surface area contributed by atoms with E-state index < -0.39 is 0 Å². The molecule has 0 saturated heterocycles. The number of nitrogens with one attached hydrogen (secondary N) is 2. The molecule has 0 aliphatic carbocycles. The van der Waals surface area contributed by atoms with E-state index in [1.54, 1.807) is 30.5 Å². The summed E-state index contributed by atoms with van der Waals surface area (Å²) in [6.07, 6.45) is 1.92. The third kappa shape index (κ3) is 6.71. The van der Waals surface area contributed by atoms with Crippen LogP contribution in [0.3, 0.4) is 0 Å². The van der Waals surface area contributed by atoms with Crippen LogP contribution in [0.15, 0.2) is 28.0 Å². The summed E-state index contributed by atoms with van der Waals surface area (Å²) in [5.41, 5.74) is 2.16. The van der Waals surface area contributed by atoms with E-state index >= 15 is 0 Å². The second kappa shape index (κ2) is 11.3. The lowest BCUT2D eigenvalue weighted by Crippen LogP contribution is -2.37. The standard InChI is InChI=1S/C18H27N5OS.HI/c1-13-8-7-9-17(24)23(13)11-6-5-10-20-18(19-4)21-12-16-14(2)22-15(3)25-16;/h7-9H,5-6,10-12H2,1-4H3,(H2,19,20,21);1H. The van der Waals surface area contributed by atoms with E-state index in [0.29, 0.717) is 0 Å². The molecule has 0 aliphatic rings. The number of aromatic nitrogens is 2. The quantitative estimate of drug-likeness (QED) is 0.272. The van der Waals surface area contributed by atoms with Gasteiger partial charge in [-0.25, -0.2) is 4.98 Å². The Morgan fingerprint density at radius 1 is 1.23 bits per heavy atom. The zero-order valence-corrected chi connectivity index (χ0v) is 19.0. The monoisotopic (exact) mass is 489 g/mol. The Labute approximate surface area is 176 Å². The van der Waals surface area contributed by atoms with E-state index in [4.69, 9.17) is 0 Å². The minimum atomic E-state index is 0. The summed E-state index contributed by atoms with van der Waals surface area (Å²) < 4.78 is 1.82. The van der Waals surface area contributed by atoms with Crippen molar-refractivity contribution in [1.29, 1.82) is 0 Å². The van der Waals surface area contributed by atoms with Gasteiger partial charge >= 0.3 is 0 Å². The molecule has 2 rings (SSSR count). The van der Waals surface area contributed by atoms with E-state index in [-0.39, 0.29) is 29.5 Å². The van der Waals surface area contributed by atoms with Crippen molar-refractivity contribution in [2.45, 2.75) is 46.7 Å². The highest BCUT2D eigenvalue weighted by Gasteiger charge is 2.05. The molecular formula is C18H28IN5OS. The summed E-state index contributed by atoms with van der Waals surface area (Å²) in [4.78, 5) is 21.7. The first-order valence-corrected chi connectivity index (χ1v) is 9.37. The summed E-state index contributed by atoms with van der Waals surface area (Å²) in [6.45, 7) is 8.32. The molecule has 0 saturated carbocycles. The normalized spacial score (nSPS) is 11.2. The molecule has 0 atom stereocenters. The van der Waals surface area contributed by atoms with E-state index in [9.17, 15) is 4.79 Å². The maximum absolute atomic E-state index is 11.8. The molecule has 0 aromatic carbocycles. The molecule has 144 valence electrons. The Bertz CT molecular complexity index is 784. The van der Waals surface area contributed by atoms with Gasteiger partial charge in [-0.05, 0) is 39.7 Å². The average molecular weight is 489 g/mol. The molecule has 2 heterocycles. The SMILES string of the molecule is CN=C(NCCCCn1c(C)cccc1=O)NCc1sc(C)nc1C.I. The fraction of sp³-hybridized carbons (Fsp3) is 0.500. The highest BCUT2D eigenvalue weighted by molar-refractivity contribution is 14.0. The van der Waals surface area contributed by atoms with Gasteiger partial charge in [-0.3, -0.25) is 9.79 Å². The number of halogens is 1. The Hall–Kier alpha value is -1.42. The summed E-state index contributed by atoms with van der Waals surface area (Å²) in [5.74, 6) is 0.790. The number of hydrogen-bond acceptors (Lipinski definition) is 4. The zero-order chi connectivity index (χ0) is 18.2. The van der Waals surface area contributed by atoms with Crippen molar-refractivity contribution in [1.82, 2.24) is 20.2 Å². The van der Waals surface area contributed by atoms with Gasteiger partial charge < -0.3 is 15.2 Å². The van der Waals surface area contributed by atoms with Crippen LogP contribution in [0.5, 0.6) is 0 Å². The lowest BCUT2D eigenvalue weighted by atomic mass is 10.3. The van der Waals surface area contributed by atoms with Crippen LogP contribution in [0.2, 0.25) is 0 Å². The largest absolute Gasteiger partial charge is 0.356 e. The lowest BCUT2D eigenvalue weighted by molar-refractivity contribution is 0.575. The second-order valence-electron chi connectivity index (χ2n) is 5.96.